The van der Waals surface area contributed by atoms with E-state index >= 15 is 0 Å². The van der Waals surface area contributed by atoms with Crippen molar-refractivity contribution in [2.45, 2.75) is 45.1 Å². The number of hydrogen-bond donors (Lipinski definition) is 1. The molecule has 1 N–H and O–H groups in total. The number of carbonyl (C=O) groups is 3. The van der Waals surface area contributed by atoms with E-state index in [9.17, 15) is 14.4 Å². The predicted octanol–water partition coefficient (Wildman–Crippen LogP) is 5.05. The lowest BCUT2D eigenvalue weighted by Gasteiger charge is -2.24. The van der Waals surface area contributed by atoms with Crippen LogP contribution in [0, 0.1) is 0 Å². The van der Waals surface area contributed by atoms with Crippen LogP contribution in [0.25, 0.3) is 0 Å². The highest BCUT2D eigenvalue weighted by atomic mass is 79.9. The number of hydrogen-bond acceptors (Lipinski definition) is 3. The third kappa shape index (κ3) is 4.61. The van der Waals surface area contributed by atoms with E-state index in [-0.39, 0.29) is 23.5 Å². The number of carbonyl (C=O) groups excluding carboxylic acids is 3. The Labute approximate surface area is 181 Å². The van der Waals surface area contributed by atoms with E-state index in [0.29, 0.717) is 12.8 Å². The fraction of sp³-hybridized carbons (Fsp3) is 0.318. The SMILES string of the molecule is CC(=O)NC1CCc2c(Br)cccc2C1=O.O=C1CCCc2c(Br)cccc21. The molecule has 2 aliphatic carbocycles. The highest BCUT2D eigenvalue weighted by Gasteiger charge is 2.28. The number of halogens is 2. The molecule has 0 saturated heterocycles. The molecule has 2 aromatic rings. The van der Waals surface area contributed by atoms with Gasteiger partial charge in [0.2, 0.25) is 5.91 Å². The maximum Gasteiger partial charge on any atom is 0.217 e. The number of amides is 1. The summed E-state index contributed by atoms with van der Waals surface area (Å²) in [6, 6.07) is 11.1. The lowest BCUT2D eigenvalue weighted by Crippen LogP contribution is -2.42. The second-order valence-electron chi connectivity index (χ2n) is 6.96. The maximum atomic E-state index is 12.1. The van der Waals surface area contributed by atoms with Gasteiger partial charge in [-0.15, -0.1) is 0 Å². The predicted molar refractivity (Wildman–Crippen MR) is 116 cm³/mol. The van der Waals surface area contributed by atoms with Gasteiger partial charge in [0.25, 0.3) is 0 Å². The van der Waals surface area contributed by atoms with E-state index in [1.807, 2.05) is 36.4 Å². The van der Waals surface area contributed by atoms with Gasteiger partial charge in [0, 0.05) is 33.4 Å². The van der Waals surface area contributed by atoms with Crippen LogP contribution in [-0.4, -0.2) is 23.5 Å². The molecule has 0 aromatic heterocycles. The van der Waals surface area contributed by atoms with Crippen LogP contribution >= 0.6 is 31.9 Å². The minimum atomic E-state index is -0.362. The average Bonchev–Trinajstić information content (AvgIpc) is 2.66. The quantitative estimate of drug-likeness (QED) is 0.588. The Hall–Kier alpha value is -1.79. The molecule has 4 nitrogen and oxygen atoms in total. The minimum Gasteiger partial charge on any atom is -0.346 e. The number of Topliss-reactive ketones (excluding diaryl/α,β-unsaturated/α-hetero) is 2. The van der Waals surface area contributed by atoms with Crippen molar-refractivity contribution in [3.8, 4) is 0 Å². The molecule has 4 rings (SSSR count). The third-order valence-corrected chi connectivity index (χ3v) is 6.50. The average molecular weight is 507 g/mol. The van der Waals surface area contributed by atoms with Gasteiger partial charge in [-0.05, 0) is 48.9 Å². The molecule has 0 saturated carbocycles. The van der Waals surface area contributed by atoms with Crippen LogP contribution in [0.4, 0.5) is 0 Å². The van der Waals surface area contributed by atoms with Gasteiger partial charge in [-0.1, -0.05) is 56.1 Å². The Morgan fingerprint density at radius 2 is 1.54 bits per heavy atom. The largest absolute Gasteiger partial charge is 0.346 e. The van der Waals surface area contributed by atoms with E-state index < -0.39 is 0 Å². The van der Waals surface area contributed by atoms with Gasteiger partial charge in [-0.3, -0.25) is 14.4 Å². The first-order valence-corrected chi connectivity index (χ1v) is 10.9. The van der Waals surface area contributed by atoms with Crippen molar-refractivity contribution in [3.05, 3.63) is 67.6 Å². The first-order chi connectivity index (χ1) is 13.4. The first-order valence-electron chi connectivity index (χ1n) is 9.27. The van der Waals surface area contributed by atoms with Crippen molar-refractivity contribution in [2.75, 3.05) is 0 Å². The molecular weight excluding hydrogens is 486 g/mol. The summed E-state index contributed by atoms with van der Waals surface area (Å²) in [7, 11) is 0. The van der Waals surface area contributed by atoms with Crippen LogP contribution < -0.4 is 5.32 Å². The van der Waals surface area contributed by atoms with E-state index in [1.165, 1.54) is 12.5 Å². The standard InChI is InChI=1S/C12H12BrNO2.C10H9BrO/c1-7(15)14-11-6-5-8-9(12(11)16)3-2-4-10(8)13;11-9-5-1-4-8-7(9)3-2-6-10(8)12/h2-4,11H,5-6H2,1H3,(H,14,15);1,4-5H,2-3,6H2. The Balaban J connectivity index is 0.000000167. The molecule has 2 aliphatic rings. The molecular formula is C22H21Br2NO3. The zero-order valence-corrected chi connectivity index (χ0v) is 18.7. The van der Waals surface area contributed by atoms with E-state index in [1.54, 1.807) is 0 Å². The number of rotatable bonds is 1. The highest BCUT2D eigenvalue weighted by Crippen LogP contribution is 2.28. The monoisotopic (exact) mass is 505 g/mol. The molecule has 146 valence electrons. The molecule has 1 unspecified atom stereocenters. The Bertz CT molecular complexity index is 939. The van der Waals surface area contributed by atoms with Gasteiger partial charge in [0.1, 0.15) is 0 Å². The van der Waals surface area contributed by atoms with Gasteiger partial charge in [-0.25, -0.2) is 0 Å². The van der Waals surface area contributed by atoms with Crippen molar-refractivity contribution in [2.24, 2.45) is 0 Å². The lowest BCUT2D eigenvalue weighted by molar-refractivity contribution is -0.119. The molecule has 1 amide bonds. The molecule has 0 radical (unpaired) electrons. The highest BCUT2D eigenvalue weighted by molar-refractivity contribution is 9.10. The third-order valence-electron chi connectivity index (χ3n) is 5.01. The minimum absolute atomic E-state index is 0.0118. The van der Waals surface area contributed by atoms with Crippen molar-refractivity contribution >= 4 is 49.3 Å². The number of fused-ring (bicyclic) bond motifs is 2. The second kappa shape index (κ2) is 9.14. The molecule has 0 fully saturated rings. The van der Waals surface area contributed by atoms with Crippen LogP contribution in [0.5, 0.6) is 0 Å². The van der Waals surface area contributed by atoms with E-state index in [4.69, 9.17) is 0 Å². The Morgan fingerprint density at radius 1 is 0.929 bits per heavy atom. The van der Waals surface area contributed by atoms with Crippen LogP contribution in [0.2, 0.25) is 0 Å². The summed E-state index contributed by atoms with van der Waals surface area (Å²) in [5, 5.41) is 2.69. The Kier molecular flexibility index (Phi) is 6.83. The lowest BCUT2D eigenvalue weighted by atomic mass is 9.87. The summed E-state index contributed by atoms with van der Waals surface area (Å²) in [5.74, 6) is 0.145. The molecule has 28 heavy (non-hydrogen) atoms. The molecule has 0 aliphatic heterocycles. The van der Waals surface area contributed by atoms with Crippen LogP contribution in [0.15, 0.2) is 45.3 Å². The summed E-state index contributed by atoms with van der Waals surface area (Å²) in [6.45, 7) is 1.43. The molecule has 0 bridgehead atoms. The van der Waals surface area contributed by atoms with Crippen molar-refractivity contribution < 1.29 is 14.4 Å². The second-order valence-corrected chi connectivity index (χ2v) is 8.67. The summed E-state index contributed by atoms with van der Waals surface area (Å²) in [6.07, 6.45) is 4.22. The number of benzene rings is 2. The zero-order valence-electron chi connectivity index (χ0n) is 15.6. The van der Waals surface area contributed by atoms with Gasteiger partial charge < -0.3 is 5.32 Å². The summed E-state index contributed by atoms with van der Waals surface area (Å²) in [4.78, 5) is 34.4. The van der Waals surface area contributed by atoms with E-state index in [2.05, 4.69) is 37.2 Å². The van der Waals surface area contributed by atoms with Gasteiger partial charge in [-0.2, -0.15) is 0 Å². The summed E-state index contributed by atoms with van der Waals surface area (Å²) < 4.78 is 2.05. The molecule has 0 heterocycles. The van der Waals surface area contributed by atoms with Gasteiger partial charge in [0.05, 0.1) is 6.04 Å². The van der Waals surface area contributed by atoms with Crippen LogP contribution in [-0.2, 0) is 17.6 Å². The smallest absolute Gasteiger partial charge is 0.217 e. The normalized spacial score (nSPS) is 17.8. The fourth-order valence-electron chi connectivity index (χ4n) is 3.67. The summed E-state index contributed by atoms with van der Waals surface area (Å²) in [5.41, 5.74) is 3.87. The van der Waals surface area contributed by atoms with E-state index in [0.717, 1.165) is 44.9 Å². The molecule has 6 heteroatoms. The van der Waals surface area contributed by atoms with Crippen LogP contribution in [0.3, 0.4) is 0 Å². The molecule has 2 aromatic carbocycles. The van der Waals surface area contributed by atoms with Crippen molar-refractivity contribution in [1.82, 2.24) is 5.32 Å². The van der Waals surface area contributed by atoms with Crippen molar-refractivity contribution in [3.63, 3.8) is 0 Å². The first kappa shape index (κ1) is 20.9. The Morgan fingerprint density at radius 3 is 2.14 bits per heavy atom. The van der Waals surface area contributed by atoms with Gasteiger partial charge in [0.15, 0.2) is 11.6 Å². The zero-order chi connectivity index (χ0) is 20.3. The summed E-state index contributed by atoms with van der Waals surface area (Å²) >= 11 is 6.90. The maximum absolute atomic E-state index is 12.1. The fourth-order valence-corrected chi connectivity index (χ4v) is 4.80. The van der Waals surface area contributed by atoms with Gasteiger partial charge >= 0.3 is 0 Å². The topological polar surface area (TPSA) is 63.2 Å². The molecule has 1 atom stereocenters. The molecule has 0 spiro atoms. The number of ketones is 2. The van der Waals surface area contributed by atoms with Crippen LogP contribution in [0.1, 0.15) is 58.0 Å². The van der Waals surface area contributed by atoms with Crippen molar-refractivity contribution in [1.29, 1.82) is 0 Å². The number of nitrogens with one attached hydrogen (secondary N) is 1.